The van der Waals surface area contributed by atoms with Gasteiger partial charge in [0.05, 0.1) is 16.8 Å². The van der Waals surface area contributed by atoms with E-state index < -0.39 is 5.60 Å². The van der Waals surface area contributed by atoms with Crippen LogP contribution in [0.2, 0.25) is 0 Å². The molecule has 168 valence electrons. The maximum atomic E-state index is 10.5. The number of fused-ring (bicyclic) bond motifs is 1. The molecular weight excluding hydrogens is 537 g/mol. The highest BCUT2D eigenvalue weighted by molar-refractivity contribution is 14.1. The number of aliphatic hydroxyl groups is 1. The third kappa shape index (κ3) is 6.25. The summed E-state index contributed by atoms with van der Waals surface area (Å²) in [5.74, 6) is 0. The van der Waals surface area contributed by atoms with Gasteiger partial charge in [-0.3, -0.25) is 0 Å². The summed E-state index contributed by atoms with van der Waals surface area (Å²) in [6.07, 6.45) is 5.93. The molecule has 0 aliphatic heterocycles. The fourth-order valence-electron chi connectivity index (χ4n) is 4.04. The highest BCUT2D eigenvalue weighted by atomic mass is 127. The largest absolute Gasteiger partial charge is 0.386 e. The fourth-order valence-corrected chi connectivity index (χ4v) is 4.81. The number of thiol groups is 1. The number of halogens is 1. The molecule has 0 spiro atoms. The Morgan fingerprint density at radius 2 is 1.76 bits per heavy atom. The molecule has 3 aromatic carbocycles. The molecular formula is C29H28INOS. The molecule has 0 aliphatic rings. The monoisotopic (exact) mass is 565 g/mol. The van der Waals surface area contributed by atoms with E-state index in [1.807, 2.05) is 32.0 Å². The number of aryl methyl sites for hydroxylation is 1. The van der Waals surface area contributed by atoms with Crippen molar-refractivity contribution in [2.45, 2.75) is 37.5 Å². The van der Waals surface area contributed by atoms with Crippen LogP contribution in [0.1, 0.15) is 53.5 Å². The number of benzene rings is 3. The first kappa shape index (κ1) is 24.0. The van der Waals surface area contributed by atoms with Crippen molar-refractivity contribution in [2.75, 3.05) is 0 Å². The second-order valence-corrected chi connectivity index (χ2v) is 10.7. The maximum absolute atomic E-state index is 10.5. The predicted octanol–water partition coefficient (Wildman–Crippen LogP) is 7.84. The number of aromatic nitrogens is 1. The number of rotatable bonds is 7. The second kappa shape index (κ2) is 10.4. The molecule has 1 aromatic heterocycles. The van der Waals surface area contributed by atoms with E-state index in [2.05, 4.69) is 95.4 Å². The van der Waals surface area contributed by atoms with Crippen molar-refractivity contribution >= 4 is 58.3 Å². The van der Waals surface area contributed by atoms with Crippen LogP contribution in [0, 0.1) is 3.57 Å². The first-order valence-electron chi connectivity index (χ1n) is 11.1. The predicted molar refractivity (Wildman–Crippen MR) is 152 cm³/mol. The minimum atomic E-state index is -0.845. The van der Waals surface area contributed by atoms with E-state index in [0.29, 0.717) is 0 Å². The normalized spacial score (nSPS) is 13.0. The van der Waals surface area contributed by atoms with Gasteiger partial charge in [-0.05, 0) is 95.8 Å². The summed E-state index contributed by atoms with van der Waals surface area (Å²) in [5, 5.41) is 11.8. The Morgan fingerprint density at radius 3 is 2.58 bits per heavy atom. The van der Waals surface area contributed by atoms with Crippen molar-refractivity contribution in [2.24, 2.45) is 0 Å². The van der Waals surface area contributed by atoms with Crippen LogP contribution in [-0.2, 0) is 12.0 Å². The van der Waals surface area contributed by atoms with Crippen LogP contribution in [0.3, 0.4) is 0 Å². The van der Waals surface area contributed by atoms with Crippen LogP contribution in [0.15, 0.2) is 78.9 Å². The average molecular weight is 566 g/mol. The summed E-state index contributed by atoms with van der Waals surface area (Å²) in [5.41, 5.74) is 5.61. The standard InChI is InChI=1S/C29H28INOS/c1-29(2,32)26-9-4-3-7-21(26)13-17-28(33)23-8-5-6-20(18-23)10-15-25-16-12-22-11-14-24(30)19-27(22)31-25/h3-12,14-16,18-19,28,32-33H,13,17H2,1-2H3/b15-10+. The summed E-state index contributed by atoms with van der Waals surface area (Å²) in [7, 11) is 0. The molecule has 0 fully saturated rings. The first-order valence-corrected chi connectivity index (χ1v) is 12.7. The van der Waals surface area contributed by atoms with Crippen molar-refractivity contribution < 1.29 is 5.11 Å². The van der Waals surface area contributed by atoms with E-state index in [1.165, 1.54) is 14.7 Å². The van der Waals surface area contributed by atoms with Gasteiger partial charge in [0, 0.05) is 14.2 Å². The highest BCUT2D eigenvalue weighted by Crippen LogP contribution is 2.30. The van der Waals surface area contributed by atoms with Crippen molar-refractivity contribution in [1.29, 1.82) is 0 Å². The Kier molecular flexibility index (Phi) is 7.57. The van der Waals surface area contributed by atoms with E-state index in [9.17, 15) is 5.11 Å². The number of hydrogen-bond acceptors (Lipinski definition) is 3. The van der Waals surface area contributed by atoms with Gasteiger partial charge in [-0.2, -0.15) is 12.6 Å². The third-order valence-electron chi connectivity index (χ3n) is 5.78. The molecule has 0 saturated heterocycles. The Hall–Kier alpha value is -2.15. The topological polar surface area (TPSA) is 33.1 Å². The van der Waals surface area contributed by atoms with Crippen LogP contribution in [0.25, 0.3) is 23.1 Å². The smallest absolute Gasteiger partial charge is 0.0843 e. The fraction of sp³-hybridized carbons (Fsp3) is 0.207. The van der Waals surface area contributed by atoms with Crippen molar-refractivity contribution in [1.82, 2.24) is 4.98 Å². The van der Waals surface area contributed by atoms with Crippen molar-refractivity contribution in [3.05, 3.63) is 110 Å². The first-order chi connectivity index (χ1) is 15.8. The van der Waals surface area contributed by atoms with Gasteiger partial charge in [0.25, 0.3) is 0 Å². The molecule has 33 heavy (non-hydrogen) atoms. The Bertz CT molecular complexity index is 1290. The lowest BCUT2D eigenvalue weighted by Gasteiger charge is -2.22. The lowest BCUT2D eigenvalue weighted by molar-refractivity contribution is 0.0776. The molecule has 4 rings (SSSR count). The zero-order valence-corrected chi connectivity index (χ0v) is 21.9. The van der Waals surface area contributed by atoms with Crippen molar-refractivity contribution in [3.63, 3.8) is 0 Å². The van der Waals surface area contributed by atoms with E-state index in [0.717, 1.165) is 40.6 Å². The Morgan fingerprint density at radius 1 is 0.970 bits per heavy atom. The van der Waals surface area contributed by atoms with Gasteiger partial charge in [-0.15, -0.1) is 0 Å². The molecule has 0 aliphatic carbocycles. The van der Waals surface area contributed by atoms with E-state index in [1.54, 1.807) is 0 Å². The summed E-state index contributed by atoms with van der Waals surface area (Å²) in [6.45, 7) is 3.68. The van der Waals surface area contributed by atoms with Crippen LogP contribution in [0.4, 0.5) is 0 Å². The lowest BCUT2D eigenvalue weighted by atomic mass is 9.90. The quantitative estimate of drug-likeness (QED) is 0.177. The molecule has 1 N–H and O–H groups in total. The van der Waals surface area contributed by atoms with Gasteiger partial charge in [-0.25, -0.2) is 4.98 Å². The Balaban J connectivity index is 1.47. The highest BCUT2D eigenvalue weighted by Gasteiger charge is 2.19. The van der Waals surface area contributed by atoms with Crippen LogP contribution in [0.5, 0.6) is 0 Å². The molecule has 4 aromatic rings. The van der Waals surface area contributed by atoms with Gasteiger partial charge in [0.1, 0.15) is 0 Å². The summed E-state index contributed by atoms with van der Waals surface area (Å²) in [4.78, 5) is 4.77. The van der Waals surface area contributed by atoms with Gasteiger partial charge in [0.2, 0.25) is 0 Å². The van der Waals surface area contributed by atoms with Crippen LogP contribution >= 0.6 is 35.2 Å². The Labute approximate surface area is 215 Å². The minimum Gasteiger partial charge on any atom is -0.386 e. The van der Waals surface area contributed by atoms with Crippen molar-refractivity contribution in [3.8, 4) is 0 Å². The minimum absolute atomic E-state index is 0.120. The van der Waals surface area contributed by atoms with E-state index in [-0.39, 0.29) is 5.25 Å². The summed E-state index contributed by atoms with van der Waals surface area (Å²) >= 11 is 7.21. The van der Waals surface area contributed by atoms with Crippen LogP contribution in [-0.4, -0.2) is 10.1 Å². The number of hydrogen-bond donors (Lipinski definition) is 2. The lowest BCUT2D eigenvalue weighted by Crippen LogP contribution is -2.18. The average Bonchev–Trinajstić information content (AvgIpc) is 2.80. The van der Waals surface area contributed by atoms with Crippen LogP contribution < -0.4 is 0 Å². The maximum Gasteiger partial charge on any atom is 0.0843 e. The van der Waals surface area contributed by atoms with Gasteiger partial charge >= 0.3 is 0 Å². The number of nitrogens with zero attached hydrogens (tertiary/aromatic N) is 1. The molecule has 4 heteroatoms. The zero-order chi connectivity index (χ0) is 23.4. The SMILES string of the molecule is CC(C)(O)c1ccccc1CCC(S)c1cccc(/C=C/c2ccc3ccc(I)cc3n2)c1. The molecule has 0 amide bonds. The third-order valence-corrected chi connectivity index (χ3v) is 7.01. The molecule has 1 unspecified atom stereocenters. The molecule has 1 heterocycles. The molecule has 0 saturated carbocycles. The molecule has 0 bridgehead atoms. The molecule has 2 nitrogen and oxygen atoms in total. The summed E-state index contributed by atoms with van der Waals surface area (Å²) < 4.78 is 1.19. The zero-order valence-electron chi connectivity index (χ0n) is 18.9. The summed E-state index contributed by atoms with van der Waals surface area (Å²) in [6, 6.07) is 27.1. The molecule has 1 atom stereocenters. The molecule has 0 radical (unpaired) electrons. The number of pyridine rings is 1. The van der Waals surface area contributed by atoms with Gasteiger partial charge < -0.3 is 5.11 Å². The van der Waals surface area contributed by atoms with Gasteiger partial charge in [-0.1, -0.05) is 66.7 Å². The second-order valence-electron chi connectivity index (χ2n) is 8.85. The van der Waals surface area contributed by atoms with Gasteiger partial charge in [0.15, 0.2) is 0 Å². The van der Waals surface area contributed by atoms with E-state index >= 15 is 0 Å². The van der Waals surface area contributed by atoms with E-state index in [4.69, 9.17) is 17.6 Å².